The van der Waals surface area contributed by atoms with Crippen molar-refractivity contribution >= 4 is 11.6 Å². The van der Waals surface area contributed by atoms with E-state index in [1.807, 2.05) is 24.3 Å². The van der Waals surface area contributed by atoms with Gasteiger partial charge in [-0.3, -0.25) is 4.79 Å². The molecule has 0 saturated heterocycles. The minimum atomic E-state index is -0.279. The topological polar surface area (TPSA) is 41.9 Å². The van der Waals surface area contributed by atoms with Crippen LogP contribution in [-0.4, -0.2) is 30.3 Å². The molecule has 0 bridgehead atoms. The Bertz CT molecular complexity index is 741. The van der Waals surface area contributed by atoms with E-state index in [9.17, 15) is 9.18 Å². The van der Waals surface area contributed by atoms with Crippen molar-refractivity contribution in [3.05, 3.63) is 65.5 Å². The van der Waals surface area contributed by atoms with Crippen LogP contribution in [0.25, 0.3) is 0 Å². The monoisotopic (exact) mass is 312 g/mol. The first-order valence-electron chi connectivity index (χ1n) is 7.42. The summed E-state index contributed by atoms with van der Waals surface area (Å²) in [5.74, 6) is 0.390. The molecule has 118 valence electrons. The number of hydrogen-bond donors (Lipinski definition) is 0. The Morgan fingerprint density at radius 1 is 1.26 bits per heavy atom. The van der Waals surface area contributed by atoms with Gasteiger partial charge in [-0.2, -0.15) is 5.10 Å². The fraction of sp³-hybridized carbons (Fsp3) is 0.222. The molecule has 1 heterocycles. The van der Waals surface area contributed by atoms with Crippen LogP contribution < -0.4 is 4.74 Å². The number of carbonyl (C=O) groups excluding carboxylic acids is 1. The quantitative estimate of drug-likeness (QED) is 0.871. The Morgan fingerprint density at radius 3 is 2.78 bits per heavy atom. The third kappa shape index (κ3) is 3.56. The number of hydrazone groups is 1. The number of methoxy groups -OCH3 is 1. The average molecular weight is 312 g/mol. The molecule has 5 heteroatoms. The van der Waals surface area contributed by atoms with E-state index in [1.165, 1.54) is 17.1 Å². The number of nitrogens with zero attached hydrogens (tertiary/aromatic N) is 2. The molecule has 0 saturated carbocycles. The van der Waals surface area contributed by atoms with Gasteiger partial charge in [-0.15, -0.1) is 0 Å². The van der Waals surface area contributed by atoms with E-state index in [2.05, 4.69) is 5.10 Å². The molecule has 4 nitrogen and oxygen atoms in total. The van der Waals surface area contributed by atoms with E-state index in [1.54, 1.807) is 19.2 Å². The van der Waals surface area contributed by atoms with Crippen LogP contribution in [0.5, 0.6) is 5.75 Å². The molecule has 0 fully saturated rings. The van der Waals surface area contributed by atoms with Crippen LogP contribution >= 0.6 is 0 Å². The van der Waals surface area contributed by atoms with Gasteiger partial charge in [-0.25, -0.2) is 9.40 Å². The highest BCUT2D eigenvalue weighted by Crippen LogP contribution is 2.17. The smallest absolute Gasteiger partial charge is 0.247 e. The number of benzene rings is 2. The Morgan fingerprint density at radius 2 is 2.04 bits per heavy atom. The summed E-state index contributed by atoms with van der Waals surface area (Å²) in [6.45, 7) is 0.551. The van der Waals surface area contributed by atoms with Gasteiger partial charge >= 0.3 is 0 Å². The van der Waals surface area contributed by atoms with Gasteiger partial charge in [0.2, 0.25) is 5.91 Å². The summed E-state index contributed by atoms with van der Waals surface area (Å²) in [4.78, 5) is 12.4. The van der Waals surface area contributed by atoms with Crippen LogP contribution in [0, 0.1) is 5.82 Å². The lowest BCUT2D eigenvalue weighted by Gasteiger charge is -2.11. The zero-order valence-electron chi connectivity index (χ0n) is 12.8. The largest absolute Gasteiger partial charge is 0.497 e. The molecule has 2 aromatic carbocycles. The lowest BCUT2D eigenvalue weighted by atomic mass is 10.1. The highest BCUT2D eigenvalue weighted by molar-refractivity contribution is 6.02. The highest BCUT2D eigenvalue weighted by Gasteiger charge is 2.21. The Hall–Kier alpha value is -2.69. The molecule has 0 unspecified atom stereocenters. The zero-order chi connectivity index (χ0) is 16.2. The molecule has 0 aromatic heterocycles. The molecule has 0 N–H and O–H groups in total. The summed E-state index contributed by atoms with van der Waals surface area (Å²) in [6, 6.07) is 13.6. The van der Waals surface area contributed by atoms with Crippen molar-refractivity contribution in [3.63, 3.8) is 0 Å². The summed E-state index contributed by atoms with van der Waals surface area (Å²) in [6.07, 6.45) is 0.951. The first-order valence-corrected chi connectivity index (χ1v) is 7.42. The van der Waals surface area contributed by atoms with E-state index in [0.717, 1.165) is 22.6 Å². The third-order valence-electron chi connectivity index (χ3n) is 3.76. The zero-order valence-corrected chi connectivity index (χ0v) is 12.8. The standard InChI is InChI=1S/C18H17FN2O2/c1-23-16-4-2-3-13(11-16)12-18(22)21-10-9-17(20-21)14-5-7-15(19)8-6-14/h2-8,11H,9-10,12H2,1H3. The summed E-state index contributed by atoms with van der Waals surface area (Å²) in [7, 11) is 1.60. The van der Waals surface area contributed by atoms with Gasteiger partial charge in [0.1, 0.15) is 11.6 Å². The van der Waals surface area contributed by atoms with Gasteiger partial charge in [0.15, 0.2) is 0 Å². The first kappa shape index (κ1) is 15.2. The van der Waals surface area contributed by atoms with Crippen molar-refractivity contribution in [2.75, 3.05) is 13.7 Å². The van der Waals surface area contributed by atoms with Crippen molar-refractivity contribution < 1.29 is 13.9 Å². The fourth-order valence-corrected chi connectivity index (χ4v) is 2.53. The van der Waals surface area contributed by atoms with Crippen molar-refractivity contribution in [1.82, 2.24) is 5.01 Å². The average Bonchev–Trinajstić information content (AvgIpc) is 3.06. The normalized spacial score (nSPS) is 13.8. The number of rotatable bonds is 4. The second-order valence-electron chi connectivity index (χ2n) is 5.35. The maximum absolute atomic E-state index is 13.0. The molecule has 2 aromatic rings. The van der Waals surface area contributed by atoms with Crippen LogP contribution in [0.3, 0.4) is 0 Å². The molecule has 0 radical (unpaired) electrons. The predicted molar refractivity (Wildman–Crippen MR) is 86.0 cm³/mol. The van der Waals surface area contributed by atoms with Crippen molar-refractivity contribution in [1.29, 1.82) is 0 Å². The molecular formula is C18H17FN2O2. The van der Waals surface area contributed by atoms with Gasteiger partial charge in [-0.1, -0.05) is 24.3 Å². The fourth-order valence-electron chi connectivity index (χ4n) is 2.53. The third-order valence-corrected chi connectivity index (χ3v) is 3.76. The molecule has 0 spiro atoms. The van der Waals surface area contributed by atoms with Gasteiger partial charge in [0.25, 0.3) is 0 Å². The van der Waals surface area contributed by atoms with Gasteiger partial charge in [-0.05, 0) is 35.4 Å². The van der Waals surface area contributed by atoms with Gasteiger partial charge < -0.3 is 4.74 Å². The van der Waals surface area contributed by atoms with Crippen LogP contribution in [-0.2, 0) is 11.2 Å². The summed E-state index contributed by atoms with van der Waals surface area (Å²) in [5, 5.41) is 5.86. The number of halogens is 1. The molecular weight excluding hydrogens is 295 g/mol. The number of ether oxygens (including phenoxy) is 1. The summed E-state index contributed by atoms with van der Waals surface area (Å²) < 4.78 is 18.1. The molecule has 1 aliphatic rings. The van der Waals surface area contributed by atoms with E-state index in [-0.39, 0.29) is 18.1 Å². The number of carbonyl (C=O) groups is 1. The van der Waals surface area contributed by atoms with E-state index in [0.29, 0.717) is 13.0 Å². The minimum absolute atomic E-state index is 0.0598. The number of hydrogen-bond acceptors (Lipinski definition) is 3. The van der Waals surface area contributed by atoms with Crippen LogP contribution in [0.15, 0.2) is 53.6 Å². The maximum Gasteiger partial charge on any atom is 0.247 e. The first-order chi connectivity index (χ1) is 11.2. The molecule has 1 amide bonds. The van der Waals surface area contributed by atoms with E-state index < -0.39 is 0 Å². The predicted octanol–water partition coefficient (Wildman–Crippen LogP) is 3.01. The molecule has 3 rings (SSSR count). The van der Waals surface area contributed by atoms with Crippen molar-refractivity contribution in [2.24, 2.45) is 5.10 Å². The van der Waals surface area contributed by atoms with E-state index in [4.69, 9.17) is 4.74 Å². The van der Waals surface area contributed by atoms with Crippen LogP contribution in [0.4, 0.5) is 4.39 Å². The Labute approximate surface area is 134 Å². The second kappa shape index (κ2) is 6.60. The second-order valence-corrected chi connectivity index (χ2v) is 5.35. The molecule has 0 atom stereocenters. The summed E-state index contributed by atoms with van der Waals surface area (Å²) >= 11 is 0. The maximum atomic E-state index is 13.0. The SMILES string of the molecule is COc1cccc(CC(=O)N2CCC(c3ccc(F)cc3)=N2)c1. The van der Waals surface area contributed by atoms with Gasteiger partial charge in [0.05, 0.1) is 25.8 Å². The minimum Gasteiger partial charge on any atom is -0.497 e. The Kier molecular flexibility index (Phi) is 4.37. The van der Waals surface area contributed by atoms with E-state index >= 15 is 0 Å². The lowest BCUT2D eigenvalue weighted by Crippen LogP contribution is -2.25. The molecule has 1 aliphatic heterocycles. The Balaban J connectivity index is 1.70. The van der Waals surface area contributed by atoms with Crippen molar-refractivity contribution in [3.8, 4) is 5.75 Å². The van der Waals surface area contributed by atoms with Gasteiger partial charge in [0, 0.05) is 6.42 Å². The lowest BCUT2D eigenvalue weighted by molar-refractivity contribution is -0.130. The van der Waals surface area contributed by atoms with Crippen molar-refractivity contribution in [2.45, 2.75) is 12.8 Å². The summed E-state index contributed by atoms with van der Waals surface area (Å²) in [5.41, 5.74) is 2.55. The van der Waals surface area contributed by atoms with Crippen LogP contribution in [0.2, 0.25) is 0 Å². The van der Waals surface area contributed by atoms with Crippen LogP contribution in [0.1, 0.15) is 17.5 Å². The highest BCUT2D eigenvalue weighted by atomic mass is 19.1. The molecule has 0 aliphatic carbocycles. The molecule has 23 heavy (non-hydrogen) atoms. The number of amides is 1.